The Morgan fingerprint density at radius 3 is 3.06 bits per heavy atom. The average Bonchev–Trinajstić information content (AvgIpc) is 2.86. The van der Waals surface area contributed by atoms with Crippen molar-refractivity contribution >= 4 is 23.2 Å². The van der Waals surface area contributed by atoms with Crippen molar-refractivity contribution in [2.75, 3.05) is 18.5 Å². The van der Waals surface area contributed by atoms with Gasteiger partial charge in [-0.2, -0.15) is 0 Å². The van der Waals surface area contributed by atoms with E-state index in [0.29, 0.717) is 23.1 Å². The van der Waals surface area contributed by atoms with E-state index in [9.17, 15) is 4.79 Å². The van der Waals surface area contributed by atoms with Gasteiger partial charge in [-0.3, -0.25) is 4.79 Å². The Balaban J connectivity index is 2.00. The van der Waals surface area contributed by atoms with Gasteiger partial charge in [0.15, 0.2) is 0 Å². The Bertz CT molecular complexity index is 431. The van der Waals surface area contributed by atoms with Crippen molar-refractivity contribution < 1.29 is 9.53 Å². The molecule has 0 saturated carbocycles. The van der Waals surface area contributed by atoms with Gasteiger partial charge < -0.3 is 15.4 Å². The molecule has 18 heavy (non-hydrogen) atoms. The summed E-state index contributed by atoms with van der Waals surface area (Å²) in [5.41, 5.74) is 0.696. The lowest BCUT2D eigenvalue weighted by atomic mass is 10.2. The fraction of sp³-hybridized carbons (Fsp3) is 0.462. The summed E-state index contributed by atoms with van der Waals surface area (Å²) in [5.74, 6) is 0.629. The topological polar surface area (TPSA) is 50.4 Å². The van der Waals surface area contributed by atoms with E-state index in [1.54, 1.807) is 18.2 Å². The van der Waals surface area contributed by atoms with Gasteiger partial charge in [0.2, 0.25) is 5.91 Å². The number of anilines is 1. The van der Waals surface area contributed by atoms with E-state index in [1.807, 2.05) is 6.92 Å². The van der Waals surface area contributed by atoms with Crippen molar-refractivity contribution in [3.05, 3.63) is 23.2 Å². The molecular formula is C13H17ClN2O2. The maximum atomic E-state index is 11.9. The molecule has 1 atom stereocenters. The van der Waals surface area contributed by atoms with Crippen molar-refractivity contribution in [3.8, 4) is 5.75 Å². The number of carbonyl (C=O) groups is 1. The van der Waals surface area contributed by atoms with Crippen molar-refractivity contribution in [1.29, 1.82) is 0 Å². The van der Waals surface area contributed by atoms with E-state index in [4.69, 9.17) is 16.3 Å². The van der Waals surface area contributed by atoms with Crippen molar-refractivity contribution in [2.45, 2.75) is 25.8 Å². The minimum atomic E-state index is -0.0876. The van der Waals surface area contributed by atoms with Crippen LogP contribution < -0.4 is 15.4 Å². The van der Waals surface area contributed by atoms with Gasteiger partial charge in [-0.1, -0.05) is 11.6 Å². The highest BCUT2D eigenvalue weighted by atomic mass is 35.5. The van der Waals surface area contributed by atoms with Gasteiger partial charge in [0.1, 0.15) is 5.75 Å². The van der Waals surface area contributed by atoms with Crippen LogP contribution in [0, 0.1) is 0 Å². The second-order valence-corrected chi connectivity index (χ2v) is 4.62. The van der Waals surface area contributed by atoms with Gasteiger partial charge in [-0.05, 0) is 44.5 Å². The molecular weight excluding hydrogens is 252 g/mol. The Morgan fingerprint density at radius 1 is 1.61 bits per heavy atom. The SMILES string of the molecule is CCOc1ccc(NC(=O)C2CCCN2)cc1Cl. The van der Waals surface area contributed by atoms with E-state index in [1.165, 1.54) is 0 Å². The van der Waals surface area contributed by atoms with Crippen LogP contribution in [0.1, 0.15) is 19.8 Å². The monoisotopic (exact) mass is 268 g/mol. The van der Waals surface area contributed by atoms with Crippen LogP contribution in [0.2, 0.25) is 5.02 Å². The van der Waals surface area contributed by atoms with Crippen LogP contribution in [0.25, 0.3) is 0 Å². The number of halogens is 1. The Kier molecular flexibility index (Phi) is 4.44. The smallest absolute Gasteiger partial charge is 0.241 e. The summed E-state index contributed by atoms with van der Waals surface area (Å²) >= 11 is 6.06. The molecule has 0 bridgehead atoms. The van der Waals surface area contributed by atoms with Crippen LogP contribution in [0.15, 0.2) is 18.2 Å². The molecule has 0 radical (unpaired) electrons. The lowest BCUT2D eigenvalue weighted by Crippen LogP contribution is -2.35. The third-order valence-corrected chi connectivity index (χ3v) is 3.17. The molecule has 0 spiro atoms. The van der Waals surface area contributed by atoms with Crippen LogP contribution in [-0.2, 0) is 4.79 Å². The van der Waals surface area contributed by atoms with Gasteiger partial charge in [-0.15, -0.1) is 0 Å². The third kappa shape index (κ3) is 3.15. The lowest BCUT2D eigenvalue weighted by Gasteiger charge is -2.12. The number of amides is 1. The summed E-state index contributed by atoms with van der Waals surface area (Å²) in [6, 6.07) is 5.18. The number of benzene rings is 1. The van der Waals surface area contributed by atoms with Crippen molar-refractivity contribution in [1.82, 2.24) is 5.32 Å². The first-order chi connectivity index (χ1) is 8.70. The Hall–Kier alpha value is -1.26. The normalized spacial score (nSPS) is 18.7. The summed E-state index contributed by atoms with van der Waals surface area (Å²) < 4.78 is 5.34. The molecule has 1 aromatic carbocycles. The highest BCUT2D eigenvalue weighted by Gasteiger charge is 2.21. The van der Waals surface area contributed by atoms with Crippen LogP contribution >= 0.6 is 11.6 Å². The number of nitrogens with one attached hydrogen (secondary N) is 2. The minimum Gasteiger partial charge on any atom is -0.492 e. The molecule has 5 heteroatoms. The predicted molar refractivity (Wildman–Crippen MR) is 72.3 cm³/mol. The van der Waals surface area contributed by atoms with E-state index in [0.717, 1.165) is 19.4 Å². The molecule has 1 fully saturated rings. The zero-order chi connectivity index (χ0) is 13.0. The zero-order valence-electron chi connectivity index (χ0n) is 10.3. The number of carbonyl (C=O) groups excluding carboxylic acids is 1. The standard InChI is InChI=1S/C13H17ClN2O2/c1-2-18-12-6-5-9(8-10(12)14)16-13(17)11-4-3-7-15-11/h5-6,8,11,15H,2-4,7H2,1H3,(H,16,17). The van der Waals surface area contributed by atoms with Crippen LogP contribution in [-0.4, -0.2) is 25.1 Å². The first kappa shape index (κ1) is 13.2. The fourth-order valence-electron chi connectivity index (χ4n) is 1.99. The molecule has 1 aliphatic rings. The second kappa shape index (κ2) is 6.07. The molecule has 0 aliphatic carbocycles. The van der Waals surface area contributed by atoms with Crippen molar-refractivity contribution in [3.63, 3.8) is 0 Å². The molecule has 1 saturated heterocycles. The summed E-state index contributed by atoms with van der Waals surface area (Å²) in [7, 11) is 0. The van der Waals surface area contributed by atoms with Crippen LogP contribution in [0.4, 0.5) is 5.69 Å². The molecule has 1 unspecified atom stereocenters. The van der Waals surface area contributed by atoms with Gasteiger partial charge in [0.05, 0.1) is 17.7 Å². The highest BCUT2D eigenvalue weighted by Crippen LogP contribution is 2.27. The maximum Gasteiger partial charge on any atom is 0.241 e. The Morgan fingerprint density at radius 2 is 2.44 bits per heavy atom. The van der Waals surface area contributed by atoms with E-state index < -0.39 is 0 Å². The predicted octanol–water partition coefficient (Wildman–Crippen LogP) is 2.43. The summed E-state index contributed by atoms with van der Waals surface area (Å²) in [6.07, 6.45) is 1.93. The second-order valence-electron chi connectivity index (χ2n) is 4.22. The number of hydrogen-bond donors (Lipinski definition) is 2. The fourth-order valence-corrected chi connectivity index (χ4v) is 2.22. The zero-order valence-corrected chi connectivity index (χ0v) is 11.1. The molecule has 1 aromatic rings. The molecule has 1 amide bonds. The average molecular weight is 269 g/mol. The van der Waals surface area contributed by atoms with E-state index >= 15 is 0 Å². The van der Waals surface area contributed by atoms with E-state index in [2.05, 4.69) is 10.6 Å². The van der Waals surface area contributed by atoms with Crippen LogP contribution in [0.3, 0.4) is 0 Å². The lowest BCUT2D eigenvalue weighted by molar-refractivity contribution is -0.117. The van der Waals surface area contributed by atoms with Crippen molar-refractivity contribution in [2.24, 2.45) is 0 Å². The molecule has 2 rings (SSSR count). The van der Waals surface area contributed by atoms with E-state index in [-0.39, 0.29) is 11.9 Å². The minimum absolute atomic E-state index is 0.00673. The Labute approximate surface area is 112 Å². The number of ether oxygens (including phenoxy) is 1. The van der Waals surface area contributed by atoms with Gasteiger partial charge in [0, 0.05) is 5.69 Å². The van der Waals surface area contributed by atoms with Crippen LogP contribution in [0.5, 0.6) is 5.75 Å². The molecule has 4 nitrogen and oxygen atoms in total. The first-order valence-corrected chi connectivity index (χ1v) is 6.55. The molecule has 2 N–H and O–H groups in total. The van der Waals surface area contributed by atoms with Gasteiger partial charge >= 0.3 is 0 Å². The first-order valence-electron chi connectivity index (χ1n) is 6.17. The van der Waals surface area contributed by atoms with Gasteiger partial charge in [0.25, 0.3) is 0 Å². The molecule has 0 aromatic heterocycles. The third-order valence-electron chi connectivity index (χ3n) is 2.88. The summed E-state index contributed by atoms with van der Waals surface area (Å²) in [4.78, 5) is 11.9. The summed E-state index contributed by atoms with van der Waals surface area (Å²) in [5, 5.41) is 6.51. The number of hydrogen-bond acceptors (Lipinski definition) is 3. The maximum absolute atomic E-state index is 11.9. The van der Waals surface area contributed by atoms with Gasteiger partial charge in [-0.25, -0.2) is 0 Å². The molecule has 1 aliphatic heterocycles. The summed E-state index contributed by atoms with van der Waals surface area (Å²) in [6.45, 7) is 3.37. The number of rotatable bonds is 4. The largest absolute Gasteiger partial charge is 0.492 e. The molecule has 98 valence electrons. The molecule has 1 heterocycles. The quantitative estimate of drug-likeness (QED) is 0.882. The highest BCUT2D eigenvalue weighted by molar-refractivity contribution is 6.32.